The van der Waals surface area contributed by atoms with Crippen molar-refractivity contribution in [3.8, 4) is 0 Å². The van der Waals surface area contributed by atoms with Crippen molar-refractivity contribution >= 4 is 34.1 Å². The van der Waals surface area contributed by atoms with Crippen LogP contribution in [0.25, 0.3) is 16.6 Å². The van der Waals surface area contributed by atoms with Crippen LogP contribution in [0.1, 0.15) is 33.5 Å². The maximum absolute atomic E-state index is 12.9. The van der Waals surface area contributed by atoms with Crippen LogP contribution in [0, 0.1) is 6.92 Å². The van der Waals surface area contributed by atoms with E-state index in [4.69, 9.17) is 4.74 Å². The van der Waals surface area contributed by atoms with E-state index in [1.807, 2.05) is 18.2 Å². The number of aryl methyl sites for hydroxylation is 1. The Kier molecular flexibility index (Phi) is 4.44. The number of aromatic nitrogens is 4. The molecule has 8 heteroatoms. The highest BCUT2D eigenvalue weighted by atomic mass is 16.5. The van der Waals surface area contributed by atoms with Gasteiger partial charge in [0.2, 0.25) is 0 Å². The highest BCUT2D eigenvalue weighted by molar-refractivity contribution is 6.09. The zero-order valence-corrected chi connectivity index (χ0v) is 15.3. The summed E-state index contributed by atoms with van der Waals surface area (Å²) in [6, 6.07) is 10.8. The number of esters is 1. The first kappa shape index (κ1) is 17.6. The van der Waals surface area contributed by atoms with Crippen molar-refractivity contribution in [2.75, 3.05) is 11.9 Å². The lowest BCUT2D eigenvalue weighted by atomic mass is 10.1. The topological polar surface area (TPSA) is 98.5 Å². The van der Waals surface area contributed by atoms with E-state index < -0.39 is 11.9 Å². The molecule has 0 aliphatic carbocycles. The Balaban J connectivity index is 1.76. The number of rotatable bonds is 4. The van der Waals surface area contributed by atoms with Gasteiger partial charge in [0.05, 0.1) is 35.3 Å². The van der Waals surface area contributed by atoms with Crippen molar-refractivity contribution in [1.29, 1.82) is 0 Å². The summed E-state index contributed by atoms with van der Waals surface area (Å²) in [5.41, 5.74) is 2.60. The third-order valence-corrected chi connectivity index (χ3v) is 4.34. The summed E-state index contributed by atoms with van der Waals surface area (Å²) in [7, 11) is 0. The Morgan fingerprint density at radius 2 is 2.04 bits per heavy atom. The fraction of sp³-hybridized carbons (Fsp3) is 0.150. The van der Waals surface area contributed by atoms with E-state index in [1.54, 1.807) is 42.8 Å². The van der Waals surface area contributed by atoms with Gasteiger partial charge >= 0.3 is 5.97 Å². The average molecular weight is 375 g/mol. The van der Waals surface area contributed by atoms with Crippen molar-refractivity contribution in [2.24, 2.45) is 0 Å². The quantitative estimate of drug-likeness (QED) is 0.551. The zero-order valence-electron chi connectivity index (χ0n) is 15.3. The van der Waals surface area contributed by atoms with Crippen molar-refractivity contribution in [3.63, 3.8) is 0 Å². The normalized spacial score (nSPS) is 10.9. The largest absolute Gasteiger partial charge is 0.461 e. The second kappa shape index (κ2) is 7.07. The Labute approximate surface area is 160 Å². The van der Waals surface area contributed by atoms with Crippen LogP contribution in [-0.4, -0.2) is 38.1 Å². The van der Waals surface area contributed by atoms with Crippen LogP contribution in [0.2, 0.25) is 0 Å². The molecule has 1 amide bonds. The number of carbonyl (C=O) groups is 2. The summed E-state index contributed by atoms with van der Waals surface area (Å²) in [5, 5.41) is 7.73. The van der Waals surface area contributed by atoms with E-state index in [1.165, 1.54) is 6.20 Å². The van der Waals surface area contributed by atoms with Gasteiger partial charge in [-0.25, -0.2) is 19.3 Å². The minimum Gasteiger partial charge on any atom is -0.461 e. The Morgan fingerprint density at radius 3 is 2.86 bits per heavy atom. The molecule has 1 N–H and O–H groups in total. The lowest BCUT2D eigenvalue weighted by Crippen LogP contribution is -2.19. The van der Waals surface area contributed by atoms with Gasteiger partial charge in [-0.15, -0.1) is 0 Å². The molecule has 0 unspecified atom stereocenters. The van der Waals surface area contributed by atoms with E-state index in [0.717, 1.165) is 5.39 Å². The molecule has 0 radical (unpaired) electrons. The molecule has 4 rings (SSSR count). The maximum atomic E-state index is 12.9. The molecule has 140 valence electrons. The molecule has 28 heavy (non-hydrogen) atoms. The molecule has 0 fully saturated rings. The molecule has 0 bridgehead atoms. The number of nitrogens with one attached hydrogen (secondary N) is 1. The standard InChI is InChI=1S/C20H17N5O3/c1-3-28-20(27)18-16(10-13-6-4-5-7-15(13)23-18)24-19(26)14-11-21-17-8-9-22-25(17)12(14)2/h4-11H,3H2,1-2H3,(H,24,26). The van der Waals surface area contributed by atoms with E-state index in [-0.39, 0.29) is 18.0 Å². The zero-order chi connectivity index (χ0) is 19.7. The van der Waals surface area contributed by atoms with E-state index >= 15 is 0 Å². The van der Waals surface area contributed by atoms with Gasteiger partial charge in [0.1, 0.15) is 0 Å². The summed E-state index contributed by atoms with van der Waals surface area (Å²) < 4.78 is 6.68. The first-order valence-corrected chi connectivity index (χ1v) is 8.76. The Hall–Kier alpha value is -3.81. The fourth-order valence-corrected chi connectivity index (χ4v) is 2.97. The third kappa shape index (κ3) is 3.05. The van der Waals surface area contributed by atoms with E-state index in [0.29, 0.717) is 22.4 Å². The van der Waals surface area contributed by atoms with Gasteiger partial charge in [0, 0.05) is 17.6 Å². The highest BCUT2D eigenvalue weighted by Gasteiger charge is 2.20. The lowest BCUT2D eigenvalue weighted by Gasteiger charge is -2.12. The van der Waals surface area contributed by atoms with Crippen molar-refractivity contribution < 1.29 is 14.3 Å². The molecule has 0 saturated heterocycles. The number of amides is 1. The minimum atomic E-state index is -0.596. The van der Waals surface area contributed by atoms with Crippen LogP contribution >= 0.6 is 0 Å². The van der Waals surface area contributed by atoms with Gasteiger partial charge in [-0.3, -0.25) is 4.79 Å². The number of carbonyl (C=O) groups excluding carboxylic acids is 2. The number of hydrogen-bond acceptors (Lipinski definition) is 6. The number of hydrogen-bond donors (Lipinski definition) is 1. The number of anilines is 1. The molecular formula is C20H17N5O3. The first-order chi connectivity index (χ1) is 13.6. The molecule has 4 aromatic rings. The van der Waals surface area contributed by atoms with Gasteiger partial charge in [-0.1, -0.05) is 18.2 Å². The predicted octanol–water partition coefficient (Wildman–Crippen LogP) is 3.01. The Bertz CT molecular complexity index is 1220. The number of fused-ring (bicyclic) bond motifs is 2. The first-order valence-electron chi connectivity index (χ1n) is 8.76. The van der Waals surface area contributed by atoms with Crippen molar-refractivity contribution in [1.82, 2.24) is 19.6 Å². The number of pyridine rings is 1. The molecule has 0 aliphatic heterocycles. The van der Waals surface area contributed by atoms with Crippen LogP contribution in [0.15, 0.2) is 48.8 Å². The minimum absolute atomic E-state index is 0.0553. The van der Waals surface area contributed by atoms with E-state index in [2.05, 4.69) is 20.4 Å². The van der Waals surface area contributed by atoms with Gasteiger partial charge in [-0.2, -0.15) is 5.10 Å². The molecule has 3 aromatic heterocycles. The molecule has 0 saturated carbocycles. The predicted molar refractivity (Wildman–Crippen MR) is 103 cm³/mol. The maximum Gasteiger partial charge on any atom is 0.359 e. The second-order valence-corrected chi connectivity index (χ2v) is 6.11. The number of para-hydroxylation sites is 1. The summed E-state index contributed by atoms with van der Waals surface area (Å²) in [6.07, 6.45) is 3.10. The smallest absolute Gasteiger partial charge is 0.359 e. The number of nitrogens with zero attached hydrogens (tertiary/aromatic N) is 4. The van der Waals surface area contributed by atoms with E-state index in [9.17, 15) is 9.59 Å². The summed E-state index contributed by atoms with van der Waals surface area (Å²) in [6.45, 7) is 3.70. The van der Waals surface area contributed by atoms with Crippen molar-refractivity contribution in [2.45, 2.75) is 13.8 Å². The molecule has 0 spiro atoms. The number of ether oxygens (including phenoxy) is 1. The molecule has 3 heterocycles. The Morgan fingerprint density at radius 1 is 1.21 bits per heavy atom. The fourth-order valence-electron chi connectivity index (χ4n) is 2.97. The monoisotopic (exact) mass is 375 g/mol. The molecular weight excluding hydrogens is 358 g/mol. The van der Waals surface area contributed by atoms with Crippen LogP contribution in [-0.2, 0) is 4.74 Å². The highest BCUT2D eigenvalue weighted by Crippen LogP contribution is 2.23. The second-order valence-electron chi connectivity index (χ2n) is 6.11. The SMILES string of the molecule is CCOC(=O)c1nc2ccccc2cc1NC(=O)c1cnc2ccnn2c1C. The summed E-state index contributed by atoms with van der Waals surface area (Å²) >= 11 is 0. The van der Waals surface area contributed by atoms with Crippen LogP contribution < -0.4 is 5.32 Å². The van der Waals surface area contributed by atoms with Gasteiger partial charge in [0.25, 0.3) is 5.91 Å². The van der Waals surface area contributed by atoms with Crippen LogP contribution in [0.3, 0.4) is 0 Å². The molecule has 0 aliphatic rings. The van der Waals surface area contributed by atoms with Gasteiger partial charge < -0.3 is 10.1 Å². The molecule has 1 aromatic carbocycles. The summed E-state index contributed by atoms with van der Waals surface area (Å²) in [4.78, 5) is 33.9. The third-order valence-electron chi connectivity index (χ3n) is 4.34. The summed E-state index contributed by atoms with van der Waals surface area (Å²) in [5.74, 6) is -1.01. The lowest BCUT2D eigenvalue weighted by molar-refractivity contribution is 0.0521. The van der Waals surface area contributed by atoms with Gasteiger partial charge in [0.15, 0.2) is 11.3 Å². The van der Waals surface area contributed by atoms with Crippen molar-refractivity contribution in [3.05, 3.63) is 65.7 Å². The molecule has 8 nitrogen and oxygen atoms in total. The van der Waals surface area contributed by atoms with Gasteiger partial charge in [-0.05, 0) is 26.0 Å². The average Bonchev–Trinajstić information content (AvgIpc) is 3.17. The molecule has 0 atom stereocenters. The van der Waals surface area contributed by atoms with Crippen LogP contribution in [0.4, 0.5) is 5.69 Å². The number of benzene rings is 1. The van der Waals surface area contributed by atoms with Crippen LogP contribution in [0.5, 0.6) is 0 Å².